The van der Waals surface area contributed by atoms with Crippen molar-refractivity contribution >= 4 is 22.7 Å². The van der Waals surface area contributed by atoms with Crippen LogP contribution in [0.2, 0.25) is 0 Å². The van der Waals surface area contributed by atoms with Crippen molar-refractivity contribution in [2.24, 2.45) is 0 Å². The van der Waals surface area contributed by atoms with Crippen LogP contribution in [0.1, 0.15) is 38.9 Å². The molecule has 0 unspecified atom stereocenters. The van der Waals surface area contributed by atoms with Crippen LogP contribution in [0.4, 0.5) is 5.82 Å². The van der Waals surface area contributed by atoms with Gasteiger partial charge in [-0.05, 0) is 31.9 Å². The predicted molar refractivity (Wildman–Crippen MR) is 87.9 cm³/mol. The molecule has 0 atom stereocenters. The first-order valence-corrected chi connectivity index (χ1v) is 7.89. The van der Waals surface area contributed by atoms with Gasteiger partial charge in [-0.2, -0.15) is 0 Å². The van der Waals surface area contributed by atoms with Gasteiger partial charge in [0.2, 0.25) is 0 Å². The number of esters is 1. The van der Waals surface area contributed by atoms with Gasteiger partial charge in [-0.25, -0.2) is 9.97 Å². The summed E-state index contributed by atoms with van der Waals surface area (Å²) in [5.74, 6) is 1.55. The van der Waals surface area contributed by atoms with E-state index < -0.39 is 0 Å². The highest BCUT2D eigenvalue weighted by Gasteiger charge is 2.07. The van der Waals surface area contributed by atoms with Crippen LogP contribution in [0.3, 0.4) is 0 Å². The third-order valence-corrected chi connectivity index (χ3v) is 3.28. The van der Waals surface area contributed by atoms with Crippen molar-refractivity contribution in [2.75, 3.05) is 18.5 Å². The minimum Gasteiger partial charge on any atom is -0.466 e. The van der Waals surface area contributed by atoms with Crippen LogP contribution in [0, 0.1) is 0 Å². The second-order valence-electron chi connectivity index (χ2n) is 5.09. The number of aromatic nitrogens is 2. The monoisotopic (exact) mass is 301 g/mol. The second kappa shape index (κ2) is 8.32. The van der Waals surface area contributed by atoms with Crippen LogP contribution >= 0.6 is 0 Å². The molecule has 0 radical (unpaired) electrons. The Bertz CT molecular complexity index is 628. The molecule has 0 aliphatic carbocycles. The molecule has 118 valence electrons. The average Bonchev–Trinajstić information content (AvgIpc) is 2.52. The largest absolute Gasteiger partial charge is 0.466 e. The Kier molecular flexibility index (Phi) is 6.13. The maximum absolute atomic E-state index is 11.3. The first-order valence-electron chi connectivity index (χ1n) is 7.89. The number of benzene rings is 1. The van der Waals surface area contributed by atoms with Gasteiger partial charge in [-0.3, -0.25) is 4.79 Å². The second-order valence-corrected chi connectivity index (χ2v) is 5.09. The molecule has 0 bridgehead atoms. The van der Waals surface area contributed by atoms with Gasteiger partial charge in [0.25, 0.3) is 0 Å². The smallest absolute Gasteiger partial charge is 0.305 e. The quantitative estimate of drug-likeness (QED) is 0.598. The van der Waals surface area contributed by atoms with E-state index in [1.165, 1.54) is 0 Å². The van der Waals surface area contributed by atoms with Crippen LogP contribution in [0.5, 0.6) is 0 Å². The van der Waals surface area contributed by atoms with Crippen LogP contribution in [0.15, 0.2) is 24.3 Å². The van der Waals surface area contributed by atoms with Crippen LogP contribution in [-0.2, 0) is 16.0 Å². The lowest BCUT2D eigenvalue weighted by molar-refractivity contribution is -0.143. The number of hydrogen-bond acceptors (Lipinski definition) is 5. The van der Waals surface area contributed by atoms with E-state index in [0.717, 1.165) is 41.8 Å². The maximum atomic E-state index is 11.3. The molecule has 1 heterocycles. The van der Waals surface area contributed by atoms with Crippen molar-refractivity contribution in [3.8, 4) is 0 Å². The van der Waals surface area contributed by atoms with Gasteiger partial charge >= 0.3 is 5.97 Å². The third kappa shape index (κ3) is 4.41. The molecule has 1 aromatic heterocycles. The summed E-state index contributed by atoms with van der Waals surface area (Å²) in [6.07, 6.45) is 3.02. The number of carbonyl (C=O) groups is 1. The molecule has 0 saturated carbocycles. The molecular weight excluding hydrogens is 278 g/mol. The molecule has 5 heteroatoms. The Morgan fingerprint density at radius 3 is 2.82 bits per heavy atom. The van der Waals surface area contributed by atoms with E-state index in [1.807, 2.05) is 31.2 Å². The van der Waals surface area contributed by atoms with Gasteiger partial charge in [-0.1, -0.05) is 19.1 Å². The van der Waals surface area contributed by atoms with E-state index >= 15 is 0 Å². The summed E-state index contributed by atoms with van der Waals surface area (Å²) in [5.41, 5.74) is 0.953. The molecule has 2 aromatic rings. The fourth-order valence-corrected chi connectivity index (χ4v) is 2.27. The Labute approximate surface area is 131 Å². The summed E-state index contributed by atoms with van der Waals surface area (Å²) >= 11 is 0. The Morgan fingerprint density at radius 2 is 2.05 bits per heavy atom. The van der Waals surface area contributed by atoms with Gasteiger partial charge in [0, 0.05) is 24.8 Å². The minimum atomic E-state index is -0.150. The van der Waals surface area contributed by atoms with Crippen molar-refractivity contribution < 1.29 is 9.53 Å². The van der Waals surface area contributed by atoms with E-state index in [1.54, 1.807) is 0 Å². The lowest BCUT2D eigenvalue weighted by atomic mass is 10.2. The Hall–Kier alpha value is -2.17. The number of para-hydroxylation sites is 1. The number of fused-ring (bicyclic) bond motifs is 1. The van der Waals surface area contributed by atoms with Gasteiger partial charge < -0.3 is 10.1 Å². The lowest BCUT2D eigenvalue weighted by Gasteiger charge is -2.10. The Morgan fingerprint density at radius 1 is 1.23 bits per heavy atom. The molecular formula is C17H23N3O2. The molecule has 0 aliphatic heterocycles. The highest BCUT2D eigenvalue weighted by atomic mass is 16.5. The number of nitrogens with one attached hydrogen (secondary N) is 1. The molecule has 0 spiro atoms. The molecule has 0 amide bonds. The summed E-state index contributed by atoms with van der Waals surface area (Å²) in [6, 6.07) is 7.98. The van der Waals surface area contributed by atoms with Crippen molar-refractivity contribution in [1.29, 1.82) is 0 Å². The zero-order valence-electron chi connectivity index (χ0n) is 13.3. The summed E-state index contributed by atoms with van der Waals surface area (Å²) < 4.78 is 4.92. The first kappa shape index (κ1) is 16.2. The van der Waals surface area contributed by atoms with Crippen molar-refractivity contribution in [2.45, 2.75) is 39.5 Å². The van der Waals surface area contributed by atoms with Crippen molar-refractivity contribution in [1.82, 2.24) is 9.97 Å². The normalized spacial score (nSPS) is 10.6. The summed E-state index contributed by atoms with van der Waals surface area (Å²) in [6.45, 7) is 5.05. The first-order chi connectivity index (χ1) is 10.7. The predicted octanol–water partition coefficient (Wildman–Crippen LogP) is 3.34. The maximum Gasteiger partial charge on any atom is 0.305 e. The van der Waals surface area contributed by atoms with Crippen LogP contribution in [0.25, 0.3) is 10.9 Å². The van der Waals surface area contributed by atoms with Gasteiger partial charge in [-0.15, -0.1) is 0 Å². The van der Waals surface area contributed by atoms with Crippen LogP contribution in [-0.4, -0.2) is 29.1 Å². The summed E-state index contributed by atoms with van der Waals surface area (Å²) in [7, 11) is 0. The molecule has 5 nitrogen and oxygen atoms in total. The lowest BCUT2D eigenvalue weighted by Crippen LogP contribution is -2.10. The van der Waals surface area contributed by atoms with E-state index in [-0.39, 0.29) is 5.97 Å². The summed E-state index contributed by atoms with van der Waals surface area (Å²) in [4.78, 5) is 20.5. The topological polar surface area (TPSA) is 64.1 Å². The summed E-state index contributed by atoms with van der Waals surface area (Å²) in [5, 5.41) is 4.34. The van der Waals surface area contributed by atoms with Gasteiger partial charge in [0.05, 0.1) is 12.1 Å². The molecule has 1 aromatic carbocycles. The van der Waals surface area contributed by atoms with Crippen molar-refractivity contribution in [3.63, 3.8) is 0 Å². The number of ether oxygens (including phenoxy) is 1. The molecule has 0 fully saturated rings. The minimum absolute atomic E-state index is 0.150. The standard InChI is InChI=1S/C17H23N3O2/c1-3-8-15-19-14-10-6-5-9-13(14)17(20-15)18-12-7-11-16(21)22-4-2/h5-6,9-10H,3-4,7-8,11-12H2,1-2H3,(H,18,19,20). The number of nitrogens with zero attached hydrogens (tertiary/aromatic N) is 2. The fraction of sp³-hybridized carbons (Fsp3) is 0.471. The zero-order valence-corrected chi connectivity index (χ0v) is 13.3. The average molecular weight is 301 g/mol. The third-order valence-electron chi connectivity index (χ3n) is 3.28. The fourth-order valence-electron chi connectivity index (χ4n) is 2.27. The zero-order chi connectivity index (χ0) is 15.8. The van der Waals surface area contributed by atoms with Gasteiger partial charge in [0.15, 0.2) is 0 Å². The SMILES string of the molecule is CCCc1nc(NCCCC(=O)OCC)c2ccccc2n1. The van der Waals surface area contributed by atoms with Gasteiger partial charge in [0.1, 0.15) is 11.6 Å². The number of aryl methyl sites for hydroxylation is 1. The molecule has 22 heavy (non-hydrogen) atoms. The highest BCUT2D eigenvalue weighted by Crippen LogP contribution is 2.20. The number of anilines is 1. The highest BCUT2D eigenvalue weighted by molar-refractivity contribution is 5.88. The van der Waals surface area contributed by atoms with Crippen molar-refractivity contribution in [3.05, 3.63) is 30.1 Å². The molecule has 0 aliphatic rings. The van der Waals surface area contributed by atoms with E-state index in [9.17, 15) is 4.79 Å². The Balaban J connectivity index is 2.04. The van der Waals surface area contributed by atoms with E-state index in [0.29, 0.717) is 19.6 Å². The van der Waals surface area contributed by atoms with E-state index in [4.69, 9.17) is 4.74 Å². The number of hydrogen-bond donors (Lipinski definition) is 1. The molecule has 0 saturated heterocycles. The van der Waals surface area contributed by atoms with E-state index in [2.05, 4.69) is 22.2 Å². The number of carbonyl (C=O) groups excluding carboxylic acids is 1. The number of rotatable bonds is 8. The molecule has 2 rings (SSSR count). The van der Waals surface area contributed by atoms with Crippen LogP contribution < -0.4 is 5.32 Å². The molecule has 1 N–H and O–H groups in total.